The smallest absolute Gasteiger partial charge is 0.398 e. The number of amides is 1. The van der Waals surface area contributed by atoms with Crippen molar-refractivity contribution in [2.75, 3.05) is 13.1 Å². The standard InChI is InChI=1S/C30H32ClF3N4O4/c31-22-3-1-2-21(29(11-12-29)30(32,33)34)24(22)27(40)38-23-14-18(26(39)36-19-10-13-35-15-19)8-9-20(23)25(37-38)16-4-6-17(7-5-16)28(41)42/h1-4,17-19,35H,5-15H2,(H,36,39)(H,41,42). The second-order valence-electron chi connectivity index (χ2n) is 11.9. The van der Waals surface area contributed by atoms with Gasteiger partial charge in [-0.25, -0.2) is 0 Å². The van der Waals surface area contributed by atoms with Crippen LogP contribution in [0, 0.1) is 11.8 Å². The van der Waals surface area contributed by atoms with E-state index in [4.69, 9.17) is 11.6 Å². The van der Waals surface area contributed by atoms with E-state index < -0.39 is 35.3 Å². The normalized spacial score (nSPS) is 25.0. The first kappa shape index (κ1) is 28.9. The number of aromatic nitrogens is 2. The third-order valence-electron chi connectivity index (χ3n) is 9.34. The lowest BCUT2D eigenvalue weighted by Gasteiger charge is -2.25. The van der Waals surface area contributed by atoms with Gasteiger partial charge in [0.2, 0.25) is 5.91 Å². The number of fused-ring (bicyclic) bond motifs is 1. The maximum absolute atomic E-state index is 14.2. The Morgan fingerprint density at radius 3 is 2.50 bits per heavy atom. The summed E-state index contributed by atoms with van der Waals surface area (Å²) in [5, 5.41) is 20.3. The van der Waals surface area contributed by atoms with Gasteiger partial charge in [-0.15, -0.1) is 0 Å². The fraction of sp³-hybridized carbons (Fsp3) is 0.533. The second-order valence-corrected chi connectivity index (χ2v) is 12.3. The van der Waals surface area contributed by atoms with E-state index in [1.165, 1.54) is 18.2 Å². The van der Waals surface area contributed by atoms with E-state index in [-0.39, 0.29) is 47.4 Å². The highest BCUT2D eigenvalue weighted by Crippen LogP contribution is 2.60. The van der Waals surface area contributed by atoms with Gasteiger partial charge in [0.25, 0.3) is 5.91 Å². The molecule has 4 aliphatic rings. The zero-order valence-electron chi connectivity index (χ0n) is 22.9. The molecule has 1 amide bonds. The quantitative estimate of drug-likeness (QED) is 0.442. The van der Waals surface area contributed by atoms with Crippen molar-refractivity contribution in [1.82, 2.24) is 20.4 Å². The van der Waals surface area contributed by atoms with Crippen molar-refractivity contribution < 1.29 is 32.7 Å². The summed E-state index contributed by atoms with van der Waals surface area (Å²) in [5.41, 5.74) is 0.121. The van der Waals surface area contributed by atoms with Crippen LogP contribution in [0.1, 0.15) is 77.8 Å². The zero-order chi connectivity index (χ0) is 29.8. The van der Waals surface area contributed by atoms with Crippen molar-refractivity contribution in [2.45, 2.75) is 75.4 Å². The van der Waals surface area contributed by atoms with Gasteiger partial charge in [0.15, 0.2) is 0 Å². The van der Waals surface area contributed by atoms with Gasteiger partial charge in [0, 0.05) is 30.5 Å². The first-order chi connectivity index (χ1) is 20.0. The highest BCUT2D eigenvalue weighted by atomic mass is 35.5. The maximum atomic E-state index is 14.2. The fourth-order valence-corrected chi connectivity index (χ4v) is 6.96. The summed E-state index contributed by atoms with van der Waals surface area (Å²) in [4.78, 5) is 38.9. The Morgan fingerprint density at radius 1 is 1.12 bits per heavy atom. The molecule has 3 atom stereocenters. The van der Waals surface area contributed by atoms with E-state index in [1.807, 2.05) is 6.08 Å². The number of carbonyl (C=O) groups excluding carboxylic acids is 2. The largest absolute Gasteiger partial charge is 0.481 e. The third-order valence-corrected chi connectivity index (χ3v) is 9.66. The molecule has 1 aromatic carbocycles. The summed E-state index contributed by atoms with van der Waals surface area (Å²) in [7, 11) is 0. The topological polar surface area (TPSA) is 113 Å². The van der Waals surface area contributed by atoms with Gasteiger partial charge in [-0.1, -0.05) is 29.8 Å². The lowest BCUT2D eigenvalue weighted by molar-refractivity contribution is -0.160. The highest BCUT2D eigenvalue weighted by Gasteiger charge is 2.65. The van der Waals surface area contributed by atoms with Crippen molar-refractivity contribution in [3.05, 3.63) is 57.4 Å². The molecule has 0 spiro atoms. The van der Waals surface area contributed by atoms with Crippen LogP contribution in [0.25, 0.3) is 5.57 Å². The molecule has 3 aliphatic carbocycles. The van der Waals surface area contributed by atoms with E-state index in [1.54, 1.807) is 0 Å². The molecule has 3 N–H and O–H groups in total. The molecule has 2 heterocycles. The van der Waals surface area contributed by atoms with Gasteiger partial charge >= 0.3 is 12.1 Å². The Hall–Kier alpha value is -3.18. The number of hydrogen-bond acceptors (Lipinski definition) is 5. The van der Waals surface area contributed by atoms with Crippen molar-refractivity contribution in [1.29, 1.82) is 0 Å². The minimum atomic E-state index is -4.55. The molecule has 8 nitrogen and oxygen atoms in total. The van der Waals surface area contributed by atoms with Gasteiger partial charge < -0.3 is 15.7 Å². The van der Waals surface area contributed by atoms with Crippen LogP contribution in [0.4, 0.5) is 13.2 Å². The highest BCUT2D eigenvalue weighted by molar-refractivity contribution is 6.34. The fourth-order valence-electron chi connectivity index (χ4n) is 6.71. The Kier molecular flexibility index (Phi) is 7.45. The summed E-state index contributed by atoms with van der Waals surface area (Å²) in [6.07, 6.45) is 0.228. The van der Waals surface area contributed by atoms with Crippen LogP contribution < -0.4 is 10.6 Å². The molecule has 2 fully saturated rings. The van der Waals surface area contributed by atoms with E-state index >= 15 is 0 Å². The monoisotopic (exact) mass is 604 g/mol. The maximum Gasteiger partial charge on any atom is 0.398 e. The Morgan fingerprint density at radius 2 is 1.88 bits per heavy atom. The summed E-state index contributed by atoms with van der Waals surface area (Å²) >= 11 is 6.45. The van der Waals surface area contributed by atoms with E-state index in [9.17, 15) is 32.7 Å². The zero-order valence-corrected chi connectivity index (χ0v) is 23.7. The number of nitrogens with one attached hydrogen (secondary N) is 2. The minimum Gasteiger partial charge on any atom is -0.481 e. The molecule has 1 saturated heterocycles. The SMILES string of the molecule is O=C(O)C1CC=C(c2nn(C(=O)c3c(Cl)cccc3C3(C(F)(F)F)CC3)c3c2CCC(C(=O)NC2CCNC2)C3)CC1. The predicted molar refractivity (Wildman–Crippen MR) is 148 cm³/mol. The van der Waals surface area contributed by atoms with Crippen molar-refractivity contribution in [3.63, 3.8) is 0 Å². The van der Waals surface area contributed by atoms with Gasteiger partial charge in [0.05, 0.1) is 33.3 Å². The van der Waals surface area contributed by atoms with Crippen LogP contribution in [-0.4, -0.2) is 58.0 Å². The van der Waals surface area contributed by atoms with Gasteiger partial charge in [-0.05, 0) is 75.1 Å². The lowest BCUT2D eigenvalue weighted by atomic mass is 9.82. The average Bonchev–Trinajstić information content (AvgIpc) is 3.48. The lowest BCUT2D eigenvalue weighted by Crippen LogP contribution is -2.42. The van der Waals surface area contributed by atoms with Gasteiger partial charge in [0.1, 0.15) is 0 Å². The van der Waals surface area contributed by atoms with Crippen LogP contribution in [0.3, 0.4) is 0 Å². The van der Waals surface area contributed by atoms with Gasteiger partial charge in [-0.3, -0.25) is 14.4 Å². The second kappa shape index (κ2) is 10.8. The first-order valence-corrected chi connectivity index (χ1v) is 14.8. The number of halogens is 4. The van der Waals surface area contributed by atoms with E-state index in [2.05, 4.69) is 15.7 Å². The number of hydrogen-bond donors (Lipinski definition) is 3. The number of alkyl halides is 3. The molecule has 6 rings (SSSR count). The molecule has 3 unspecified atom stereocenters. The van der Waals surface area contributed by atoms with Crippen LogP contribution >= 0.6 is 11.6 Å². The number of carbonyl (C=O) groups is 3. The number of carboxylic acid groups (broad SMARTS) is 1. The molecule has 42 heavy (non-hydrogen) atoms. The number of carboxylic acids is 1. The molecule has 0 bridgehead atoms. The number of aliphatic carboxylic acids is 1. The minimum absolute atomic E-state index is 0.0263. The summed E-state index contributed by atoms with van der Waals surface area (Å²) < 4.78 is 43.8. The number of benzene rings is 1. The summed E-state index contributed by atoms with van der Waals surface area (Å²) in [6, 6.07) is 4.17. The molecule has 2 aromatic rings. The Labute approximate surface area is 245 Å². The van der Waals surface area contributed by atoms with Crippen LogP contribution in [0.2, 0.25) is 5.02 Å². The van der Waals surface area contributed by atoms with Crippen molar-refractivity contribution in [2.24, 2.45) is 11.8 Å². The molecular weight excluding hydrogens is 573 g/mol. The average molecular weight is 605 g/mol. The first-order valence-electron chi connectivity index (χ1n) is 14.4. The molecular formula is C30H32ClF3N4O4. The van der Waals surface area contributed by atoms with Gasteiger partial charge in [-0.2, -0.15) is 23.0 Å². The Balaban J connectivity index is 1.40. The summed E-state index contributed by atoms with van der Waals surface area (Å²) in [6.45, 7) is 1.51. The van der Waals surface area contributed by atoms with Crippen LogP contribution in [0.5, 0.6) is 0 Å². The molecule has 224 valence electrons. The molecule has 0 radical (unpaired) electrons. The number of rotatable bonds is 6. The predicted octanol–water partition coefficient (Wildman–Crippen LogP) is 4.67. The molecule has 1 aromatic heterocycles. The Bertz CT molecular complexity index is 1470. The third kappa shape index (κ3) is 5.04. The van der Waals surface area contributed by atoms with Crippen molar-refractivity contribution >= 4 is 35.0 Å². The molecule has 1 aliphatic heterocycles. The van der Waals surface area contributed by atoms with Crippen LogP contribution in [-0.2, 0) is 27.8 Å². The van der Waals surface area contributed by atoms with E-state index in [0.717, 1.165) is 28.8 Å². The van der Waals surface area contributed by atoms with Crippen molar-refractivity contribution in [3.8, 4) is 0 Å². The van der Waals surface area contributed by atoms with E-state index in [0.29, 0.717) is 50.0 Å². The van der Waals surface area contributed by atoms with Crippen LogP contribution in [0.15, 0.2) is 24.3 Å². The number of nitrogens with zero attached hydrogens (tertiary/aromatic N) is 2. The molecule has 1 saturated carbocycles. The number of allylic oxidation sites excluding steroid dienone is 2. The summed E-state index contributed by atoms with van der Waals surface area (Å²) in [5.74, 6) is -2.68. The molecule has 12 heteroatoms.